The van der Waals surface area contributed by atoms with E-state index in [1.165, 1.54) is 0 Å². The number of rotatable bonds is 6. The molecule has 1 aliphatic carbocycles. The monoisotopic (exact) mass is 341 g/mol. The molecule has 2 fully saturated rings. The summed E-state index contributed by atoms with van der Waals surface area (Å²) in [6.07, 6.45) is 3.24. The number of carbonyl (C=O) groups is 1. The second-order valence-electron chi connectivity index (χ2n) is 6.82. The molecule has 1 saturated carbocycles. The molecule has 2 amide bonds. The van der Waals surface area contributed by atoms with Gasteiger partial charge in [-0.25, -0.2) is 4.79 Å². The lowest BCUT2D eigenvalue weighted by Gasteiger charge is -2.25. The Morgan fingerprint density at radius 3 is 2.80 bits per heavy atom. The van der Waals surface area contributed by atoms with Crippen molar-refractivity contribution in [2.24, 2.45) is 5.92 Å². The Labute approximate surface area is 147 Å². The third-order valence-electron chi connectivity index (χ3n) is 4.77. The van der Waals surface area contributed by atoms with Gasteiger partial charge in [-0.05, 0) is 19.3 Å². The Bertz CT molecular complexity index is 706. The zero-order chi connectivity index (χ0) is 17.1. The van der Waals surface area contributed by atoms with Crippen molar-refractivity contribution in [2.45, 2.75) is 31.8 Å². The molecule has 0 radical (unpaired) electrons. The van der Waals surface area contributed by atoms with Crippen LogP contribution >= 0.6 is 0 Å². The van der Waals surface area contributed by atoms with Gasteiger partial charge in [-0.1, -0.05) is 35.5 Å². The molecule has 1 unspecified atom stereocenters. The van der Waals surface area contributed by atoms with Crippen LogP contribution in [0.5, 0.6) is 0 Å². The predicted octanol–water partition coefficient (Wildman–Crippen LogP) is 3.05. The Morgan fingerprint density at radius 2 is 2.08 bits per heavy atom. The molecule has 6 nitrogen and oxygen atoms in total. The number of benzene rings is 1. The number of carbonyl (C=O) groups excluding carboxylic acids is 1. The molecule has 0 bridgehead atoms. The topological polar surface area (TPSA) is 67.6 Å². The van der Waals surface area contributed by atoms with E-state index in [2.05, 4.69) is 10.5 Å². The maximum absolute atomic E-state index is 12.6. The smallest absolute Gasteiger partial charge is 0.318 e. The van der Waals surface area contributed by atoms with E-state index in [0.717, 1.165) is 50.3 Å². The van der Waals surface area contributed by atoms with Gasteiger partial charge in [0, 0.05) is 36.7 Å². The van der Waals surface area contributed by atoms with E-state index in [9.17, 15) is 4.79 Å². The molecule has 2 heterocycles. The molecular formula is C19H23N3O3. The van der Waals surface area contributed by atoms with E-state index in [-0.39, 0.29) is 6.03 Å². The van der Waals surface area contributed by atoms with Crippen molar-refractivity contribution < 1.29 is 14.1 Å². The van der Waals surface area contributed by atoms with Crippen molar-refractivity contribution in [3.05, 3.63) is 42.2 Å². The van der Waals surface area contributed by atoms with E-state index in [4.69, 9.17) is 9.26 Å². The van der Waals surface area contributed by atoms with Gasteiger partial charge in [-0.15, -0.1) is 0 Å². The first kappa shape index (κ1) is 16.1. The fourth-order valence-electron chi connectivity index (χ4n) is 3.20. The van der Waals surface area contributed by atoms with Crippen molar-refractivity contribution in [1.29, 1.82) is 0 Å². The minimum Gasteiger partial charge on any atom is -0.381 e. The van der Waals surface area contributed by atoms with E-state index >= 15 is 0 Å². The summed E-state index contributed by atoms with van der Waals surface area (Å²) in [5.74, 6) is 1.12. The normalized spacial score (nSPS) is 19.8. The summed E-state index contributed by atoms with van der Waals surface area (Å²) in [4.78, 5) is 14.5. The number of nitrogens with one attached hydrogen (secondary N) is 1. The molecule has 2 aliphatic rings. The van der Waals surface area contributed by atoms with Crippen LogP contribution < -0.4 is 5.32 Å². The van der Waals surface area contributed by atoms with Crippen LogP contribution in [-0.2, 0) is 11.3 Å². The van der Waals surface area contributed by atoms with E-state index in [1.54, 1.807) is 0 Å². The predicted molar refractivity (Wildman–Crippen MR) is 92.8 cm³/mol. The maximum Gasteiger partial charge on any atom is 0.318 e. The van der Waals surface area contributed by atoms with Crippen LogP contribution in [0.2, 0.25) is 0 Å². The van der Waals surface area contributed by atoms with E-state index in [0.29, 0.717) is 24.3 Å². The average molecular weight is 341 g/mol. The zero-order valence-corrected chi connectivity index (χ0v) is 14.2. The van der Waals surface area contributed by atoms with Crippen molar-refractivity contribution in [2.75, 3.05) is 19.8 Å². The van der Waals surface area contributed by atoms with Gasteiger partial charge in [-0.2, -0.15) is 0 Å². The highest BCUT2D eigenvalue weighted by molar-refractivity contribution is 5.75. The van der Waals surface area contributed by atoms with Gasteiger partial charge in [0.2, 0.25) is 0 Å². The molecule has 1 aliphatic heterocycles. The quantitative estimate of drug-likeness (QED) is 0.877. The lowest BCUT2D eigenvalue weighted by Crippen LogP contribution is -2.43. The van der Waals surface area contributed by atoms with Gasteiger partial charge in [0.15, 0.2) is 5.76 Å². The fraction of sp³-hybridized carbons (Fsp3) is 0.474. The molecule has 1 saturated heterocycles. The summed E-state index contributed by atoms with van der Waals surface area (Å²) in [6.45, 7) is 2.70. The maximum atomic E-state index is 12.6. The minimum atomic E-state index is -0.0212. The highest BCUT2D eigenvalue weighted by Gasteiger charge is 2.34. The van der Waals surface area contributed by atoms with E-state index in [1.807, 2.05) is 41.3 Å². The van der Waals surface area contributed by atoms with Gasteiger partial charge in [-0.3, -0.25) is 0 Å². The number of hydrogen-bond acceptors (Lipinski definition) is 4. The highest BCUT2D eigenvalue weighted by atomic mass is 16.5. The number of amides is 2. The lowest BCUT2D eigenvalue weighted by atomic mass is 10.1. The summed E-state index contributed by atoms with van der Waals surface area (Å²) >= 11 is 0. The van der Waals surface area contributed by atoms with E-state index < -0.39 is 0 Å². The van der Waals surface area contributed by atoms with Crippen LogP contribution in [0.25, 0.3) is 11.3 Å². The largest absolute Gasteiger partial charge is 0.381 e. The number of urea groups is 1. The summed E-state index contributed by atoms with van der Waals surface area (Å²) < 4.78 is 10.8. The molecule has 1 aromatic carbocycles. The molecule has 4 rings (SSSR count). The number of nitrogens with zero attached hydrogens (tertiary/aromatic N) is 2. The van der Waals surface area contributed by atoms with Crippen LogP contribution in [0, 0.1) is 5.92 Å². The van der Waals surface area contributed by atoms with Crippen LogP contribution in [0.4, 0.5) is 4.79 Å². The van der Waals surface area contributed by atoms with Crippen LogP contribution in [-0.4, -0.2) is 41.9 Å². The average Bonchev–Trinajstić information content (AvgIpc) is 3.16. The van der Waals surface area contributed by atoms with Gasteiger partial charge in [0.1, 0.15) is 5.69 Å². The molecule has 2 aromatic rings. The SMILES string of the molecule is O=C(NCc1cc(-c2ccccc2)no1)N(CC1CCOC1)C1CC1. The molecule has 1 N–H and O–H groups in total. The molecule has 0 spiro atoms. The first-order chi connectivity index (χ1) is 12.3. The summed E-state index contributed by atoms with van der Waals surface area (Å²) in [5, 5.41) is 7.05. The van der Waals surface area contributed by atoms with Crippen molar-refractivity contribution in [1.82, 2.24) is 15.4 Å². The summed E-state index contributed by atoms with van der Waals surface area (Å²) in [5.41, 5.74) is 1.79. The lowest BCUT2D eigenvalue weighted by molar-refractivity contribution is 0.161. The van der Waals surface area contributed by atoms with Crippen LogP contribution in [0.1, 0.15) is 25.0 Å². The molecule has 1 atom stereocenters. The first-order valence-corrected chi connectivity index (χ1v) is 8.93. The van der Waals surface area contributed by atoms with Crippen molar-refractivity contribution in [3.63, 3.8) is 0 Å². The van der Waals surface area contributed by atoms with Gasteiger partial charge >= 0.3 is 6.03 Å². The molecular weight excluding hydrogens is 318 g/mol. The standard InChI is InChI=1S/C19H23N3O3/c23-19(22(16-6-7-16)12-14-8-9-24-13-14)20-11-17-10-18(21-25-17)15-4-2-1-3-5-15/h1-5,10,14,16H,6-9,11-13H2,(H,20,23). The highest BCUT2D eigenvalue weighted by Crippen LogP contribution is 2.29. The third-order valence-corrected chi connectivity index (χ3v) is 4.77. The Hall–Kier alpha value is -2.34. The summed E-state index contributed by atoms with van der Waals surface area (Å²) in [6, 6.07) is 12.1. The minimum absolute atomic E-state index is 0.0212. The number of ether oxygens (including phenoxy) is 1. The van der Waals surface area contributed by atoms with Crippen molar-refractivity contribution >= 4 is 6.03 Å². The molecule has 1 aromatic heterocycles. The van der Waals surface area contributed by atoms with Gasteiger partial charge in [0.25, 0.3) is 0 Å². The Kier molecular flexibility index (Phi) is 4.70. The fourth-order valence-corrected chi connectivity index (χ4v) is 3.20. The zero-order valence-electron chi connectivity index (χ0n) is 14.2. The number of hydrogen-bond donors (Lipinski definition) is 1. The third kappa shape index (κ3) is 4.02. The number of aromatic nitrogens is 1. The molecule has 25 heavy (non-hydrogen) atoms. The summed E-state index contributed by atoms with van der Waals surface area (Å²) in [7, 11) is 0. The van der Waals surface area contributed by atoms with Gasteiger partial charge in [0.05, 0.1) is 13.2 Å². The molecule has 132 valence electrons. The molecule has 6 heteroatoms. The second-order valence-corrected chi connectivity index (χ2v) is 6.82. The Balaban J connectivity index is 1.33. The van der Waals surface area contributed by atoms with Crippen LogP contribution in [0.15, 0.2) is 40.9 Å². The second kappa shape index (κ2) is 7.27. The first-order valence-electron chi connectivity index (χ1n) is 8.93. The van der Waals surface area contributed by atoms with Crippen molar-refractivity contribution in [3.8, 4) is 11.3 Å². The van der Waals surface area contributed by atoms with Gasteiger partial charge < -0.3 is 19.5 Å². The van der Waals surface area contributed by atoms with Crippen LogP contribution in [0.3, 0.4) is 0 Å². The Morgan fingerprint density at radius 1 is 1.24 bits per heavy atom.